The molecule has 0 unspecified atom stereocenters. The van der Waals surface area contributed by atoms with Crippen molar-refractivity contribution in [3.8, 4) is 16.9 Å². The predicted octanol–water partition coefficient (Wildman–Crippen LogP) is 13.3. The number of hydrogen-bond acceptors (Lipinski definition) is 1. The third-order valence-corrected chi connectivity index (χ3v) is 12.9. The van der Waals surface area contributed by atoms with Gasteiger partial charge in [0, 0.05) is 17.0 Å². The van der Waals surface area contributed by atoms with E-state index >= 15 is 0 Å². The Labute approximate surface area is 293 Å². The van der Waals surface area contributed by atoms with Crippen molar-refractivity contribution in [2.45, 2.75) is 175 Å². The Morgan fingerprint density at radius 1 is 0.562 bits per heavy atom. The fourth-order valence-electron chi connectivity index (χ4n) is 9.24. The lowest BCUT2D eigenvalue weighted by Crippen LogP contribution is -2.34. The first kappa shape index (κ1) is 35.0. The largest absolute Gasteiger partial charge is 0.507 e. The lowest BCUT2D eigenvalue weighted by atomic mass is 9.62. The molecule has 6 rings (SSSR count). The zero-order valence-electron chi connectivity index (χ0n) is 33.3. The Hall–Kier alpha value is -2.80. The fourth-order valence-corrected chi connectivity index (χ4v) is 9.24. The summed E-state index contributed by atoms with van der Waals surface area (Å²) in [4.78, 5) is 0. The second-order valence-electron chi connectivity index (χ2n) is 20.8. The number of rotatable bonds is 2. The van der Waals surface area contributed by atoms with Gasteiger partial charge in [-0.2, -0.15) is 0 Å². The summed E-state index contributed by atoms with van der Waals surface area (Å²) in [6.07, 6.45) is 4.80. The van der Waals surface area contributed by atoms with Crippen LogP contribution in [0.2, 0.25) is 0 Å². The van der Waals surface area contributed by atoms with Crippen molar-refractivity contribution in [3.63, 3.8) is 0 Å². The Kier molecular flexibility index (Phi) is 7.74. The van der Waals surface area contributed by atoms with E-state index in [1.807, 2.05) is 0 Å². The van der Waals surface area contributed by atoms with Crippen LogP contribution >= 0.6 is 0 Å². The third kappa shape index (κ3) is 5.41. The first-order valence-corrected chi connectivity index (χ1v) is 18.7. The van der Waals surface area contributed by atoms with E-state index in [0.717, 1.165) is 11.1 Å². The zero-order chi connectivity index (χ0) is 35.7. The van der Waals surface area contributed by atoms with Crippen LogP contribution in [0.1, 0.15) is 192 Å². The Bertz CT molecular complexity index is 1760. The van der Waals surface area contributed by atoms with Crippen LogP contribution in [-0.2, 0) is 32.5 Å². The molecule has 3 aliphatic rings. The standard InChI is InChI=1S/C47H64O/c1-27(2)39(33-21-28(42(3,4)5)22-38(41(33)48)43(6,7)8)40-31-25-36-34(44(9,10)17-19-46(36,13)14)23-29(31)30-24-35-37(26-32(30)40)47(15,16)20-18-45(35,11)12/h21-26,40,48H,17-20H2,1-16H3. The normalized spacial score (nSPS) is 20.4. The monoisotopic (exact) mass is 644 g/mol. The van der Waals surface area contributed by atoms with Crippen LogP contribution in [0.4, 0.5) is 0 Å². The maximum absolute atomic E-state index is 12.3. The Morgan fingerprint density at radius 3 is 1.27 bits per heavy atom. The number of phenols is 1. The van der Waals surface area contributed by atoms with Gasteiger partial charge in [-0.1, -0.05) is 121 Å². The third-order valence-electron chi connectivity index (χ3n) is 12.9. The van der Waals surface area contributed by atoms with Crippen molar-refractivity contribution in [1.82, 2.24) is 0 Å². The van der Waals surface area contributed by atoms with Crippen LogP contribution in [0.5, 0.6) is 5.75 Å². The molecule has 0 aromatic heterocycles. The summed E-state index contributed by atoms with van der Waals surface area (Å²) in [5, 5.41) is 12.3. The maximum atomic E-state index is 12.3. The Morgan fingerprint density at radius 2 is 0.938 bits per heavy atom. The molecule has 1 heteroatoms. The van der Waals surface area contributed by atoms with Gasteiger partial charge >= 0.3 is 0 Å². The molecule has 1 nitrogen and oxygen atoms in total. The van der Waals surface area contributed by atoms with E-state index in [2.05, 4.69) is 147 Å². The van der Waals surface area contributed by atoms with Gasteiger partial charge in [0.2, 0.25) is 0 Å². The molecule has 1 N–H and O–H groups in total. The molecule has 0 radical (unpaired) electrons. The SMILES string of the molecule is CC(C)=C(c1cc(C(C)(C)C)cc(C(C)(C)C)c1O)C1c2cc3c(cc2-c2cc4c(cc21)C(C)(C)CCC4(C)C)C(C)(C)CCC3(C)C. The highest BCUT2D eigenvalue weighted by molar-refractivity contribution is 5.92. The Balaban J connectivity index is 1.75. The molecule has 0 heterocycles. The van der Waals surface area contributed by atoms with Crippen molar-refractivity contribution >= 4 is 5.57 Å². The van der Waals surface area contributed by atoms with Crippen LogP contribution in [0, 0.1) is 0 Å². The summed E-state index contributed by atoms with van der Waals surface area (Å²) in [6, 6.07) is 15.0. The summed E-state index contributed by atoms with van der Waals surface area (Å²) in [6.45, 7) is 37.7. The fraction of sp³-hybridized carbons (Fsp3) is 0.574. The minimum absolute atomic E-state index is 0.0474. The van der Waals surface area contributed by atoms with E-state index in [0.29, 0.717) is 5.75 Å². The average molecular weight is 645 g/mol. The predicted molar refractivity (Wildman–Crippen MR) is 208 cm³/mol. The number of benzene rings is 3. The van der Waals surface area contributed by atoms with E-state index in [-0.39, 0.29) is 38.4 Å². The molecule has 258 valence electrons. The molecule has 0 atom stereocenters. The van der Waals surface area contributed by atoms with E-state index in [1.165, 1.54) is 86.9 Å². The lowest BCUT2D eigenvalue weighted by molar-refractivity contribution is 0.331. The highest BCUT2D eigenvalue weighted by Gasteiger charge is 2.44. The van der Waals surface area contributed by atoms with Crippen LogP contribution in [-0.4, -0.2) is 5.11 Å². The van der Waals surface area contributed by atoms with Crippen LogP contribution < -0.4 is 0 Å². The summed E-state index contributed by atoms with van der Waals surface area (Å²) in [7, 11) is 0. The molecule has 0 bridgehead atoms. The molecule has 0 saturated carbocycles. The van der Waals surface area contributed by atoms with Gasteiger partial charge in [0.15, 0.2) is 0 Å². The topological polar surface area (TPSA) is 20.2 Å². The minimum Gasteiger partial charge on any atom is -0.507 e. The van der Waals surface area contributed by atoms with Gasteiger partial charge in [0.25, 0.3) is 0 Å². The quantitative estimate of drug-likeness (QED) is 0.294. The molecule has 3 aromatic rings. The molecule has 48 heavy (non-hydrogen) atoms. The first-order chi connectivity index (χ1) is 21.8. The van der Waals surface area contributed by atoms with Crippen LogP contribution in [0.3, 0.4) is 0 Å². The number of phenolic OH excluding ortho intramolecular Hbond substituents is 1. The van der Waals surface area contributed by atoms with Gasteiger partial charge in [-0.05, 0) is 146 Å². The van der Waals surface area contributed by atoms with Gasteiger partial charge < -0.3 is 5.11 Å². The van der Waals surface area contributed by atoms with Crippen LogP contribution in [0.25, 0.3) is 16.7 Å². The molecule has 0 saturated heterocycles. The van der Waals surface area contributed by atoms with E-state index in [4.69, 9.17) is 0 Å². The molecule has 3 aromatic carbocycles. The highest BCUT2D eigenvalue weighted by Crippen LogP contribution is 2.59. The molecule has 0 fully saturated rings. The van der Waals surface area contributed by atoms with Gasteiger partial charge in [-0.3, -0.25) is 0 Å². The van der Waals surface area contributed by atoms with Gasteiger partial charge in [0.1, 0.15) is 5.75 Å². The lowest BCUT2D eigenvalue weighted by Gasteiger charge is -2.42. The smallest absolute Gasteiger partial charge is 0.126 e. The number of allylic oxidation sites excluding steroid dienone is 2. The van der Waals surface area contributed by atoms with Crippen LogP contribution in [0.15, 0.2) is 42.0 Å². The van der Waals surface area contributed by atoms with Crippen molar-refractivity contribution < 1.29 is 5.11 Å². The molecular weight excluding hydrogens is 581 g/mol. The molecule has 0 spiro atoms. The second-order valence-corrected chi connectivity index (χ2v) is 20.8. The number of fused-ring (bicyclic) bond motifs is 5. The summed E-state index contributed by atoms with van der Waals surface area (Å²) in [5.74, 6) is 0.492. The van der Waals surface area contributed by atoms with Crippen molar-refractivity contribution in [3.05, 3.63) is 92.0 Å². The van der Waals surface area contributed by atoms with Crippen molar-refractivity contribution in [1.29, 1.82) is 0 Å². The maximum Gasteiger partial charge on any atom is 0.126 e. The minimum atomic E-state index is -0.193. The molecule has 0 aliphatic heterocycles. The first-order valence-electron chi connectivity index (χ1n) is 18.7. The highest BCUT2D eigenvalue weighted by atomic mass is 16.3. The zero-order valence-corrected chi connectivity index (χ0v) is 33.3. The molecule has 0 amide bonds. The van der Waals surface area contributed by atoms with Gasteiger partial charge in [0.05, 0.1) is 0 Å². The van der Waals surface area contributed by atoms with E-state index in [9.17, 15) is 5.11 Å². The molecular formula is C47H64O. The second kappa shape index (κ2) is 10.6. The summed E-state index contributed by atoms with van der Waals surface area (Å²) in [5.41, 5.74) is 17.8. The number of aromatic hydroxyl groups is 1. The average Bonchev–Trinajstić information content (AvgIpc) is 3.25. The van der Waals surface area contributed by atoms with Crippen molar-refractivity contribution in [2.75, 3.05) is 0 Å². The molecule has 3 aliphatic carbocycles. The van der Waals surface area contributed by atoms with E-state index < -0.39 is 0 Å². The summed E-state index contributed by atoms with van der Waals surface area (Å²) >= 11 is 0. The number of hydrogen-bond donors (Lipinski definition) is 1. The van der Waals surface area contributed by atoms with Gasteiger partial charge in [-0.15, -0.1) is 0 Å². The van der Waals surface area contributed by atoms with Crippen molar-refractivity contribution in [2.24, 2.45) is 0 Å². The summed E-state index contributed by atoms with van der Waals surface area (Å²) < 4.78 is 0. The van der Waals surface area contributed by atoms with Gasteiger partial charge in [-0.25, -0.2) is 0 Å². The van der Waals surface area contributed by atoms with E-state index in [1.54, 1.807) is 0 Å².